The van der Waals surface area contributed by atoms with Crippen molar-refractivity contribution in [1.29, 1.82) is 0 Å². The number of hydrogen-bond donors (Lipinski definition) is 2. The molecule has 1 atom stereocenters. The number of fused-ring (bicyclic) bond motifs is 1. The molecule has 0 radical (unpaired) electrons. The van der Waals surface area contributed by atoms with Crippen molar-refractivity contribution < 1.29 is 19.1 Å². The summed E-state index contributed by atoms with van der Waals surface area (Å²) in [5.41, 5.74) is 2.99. The minimum absolute atomic E-state index is 0.0192. The minimum Gasteiger partial charge on any atom is -0.493 e. The molecule has 2 N–H and O–H groups in total. The number of para-hydroxylation sites is 1. The van der Waals surface area contributed by atoms with Gasteiger partial charge < -0.3 is 20.1 Å². The van der Waals surface area contributed by atoms with E-state index in [9.17, 15) is 9.59 Å². The first-order valence-corrected chi connectivity index (χ1v) is 10.6. The van der Waals surface area contributed by atoms with Crippen molar-refractivity contribution in [2.45, 2.75) is 31.1 Å². The second-order valence-electron chi connectivity index (χ2n) is 6.76. The smallest absolute Gasteiger partial charge is 0.237 e. The Kier molecular flexibility index (Phi) is 7.41. The maximum atomic E-state index is 12.4. The van der Waals surface area contributed by atoms with Crippen LogP contribution in [0.1, 0.15) is 24.0 Å². The van der Waals surface area contributed by atoms with E-state index in [1.54, 1.807) is 26.0 Å². The third kappa shape index (κ3) is 5.67. The Morgan fingerprint density at radius 3 is 2.76 bits per heavy atom. The molecule has 0 spiro atoms. The molecule has 2 aromatic carbocycles. The van der Waals surface area contributed by atoms with Crippen LogP contribution in [0.15, 0.2) is 42.5 Å². The molecule has 0 fully saturated rings. The quantitative estimate of drug-likeness (QED) is 0.692. The number of carbonyl (C=O) groups excluding carboxylic acids is 2. The second-order valence-corrected chi connectivity index (χ2v) is 8.07. The monoisotopic (exact) mass is 414 g/mol. The number of methoxy groups -OCH3 is 2. The number of rotatable bonds is 8. The summed E-state index contributed by atoms with van der Waals surface area (Å²) in [6, 6.07) is 13.5. The van der Waals surface area contributed by atoms with E-state index >= 15 is 0 Å². The molecule has 0 saturated carbocycles. The van der Waals surface area contributed by atoms with Gasteiger partial charge in [-0.2, -0.15) is 0 Å². The zero-order valence-corrected chi connectivity index (χ0v) is 17.5. The normalized spacial score (nSPS) is 15.7. The predicted octanol–water partition coefficient (Wildman–Crippen LogP) is 3.40. The maximum absolute atomic E-state index is 12.4. The summed E-state index contributed by atoms with van der Waals surface area (Å²) in [7, 11) is 3.17. The molecule has 0 aliphatic carbocycles. The summed E-state index contributed by atoms with van der Waals surface area (Å²) in [6.07, 6.45) is 2.01. The number of aryl methyl sites for hydroxylation is 1. The van der Waals surface area contributed by atoms with E-state index in [0.29, 0.717) is 30.2 Å². The largest absolute Gasteiger partial charge is 0.493 e. The molecule has 0 aromatic heterocycles. The van der Waals surface area contributed by atoms with Crippen LogP contribution in [0.4, 0.5) is 5.69 Å². The van der Waals surface area contributed by atoms with Gasteiger partial charge in [0.15, 0.2) is 11.5 Å². The Hall–Kier alpha value is -2.67. The molecule has 2 aromatic rings. The Morgan fingerprint density at radius 2 is 1.97 bits per heavy atom. The highest BCUT2D eigenvalue weighted by molar-refractivity contribution is 8.00. The van der Waals surface area contributed by atoms with E-state index in [0.717, 1.165) is 29.7 Å². The van der Waals surface area contributed by atoms with Crippen LogP contribution in [-0.2, 0) is 22.6 Å². The summed E-state index contributed by atoms with van der Waals surface area (Å²) in [6.45, 7) is 0.420. The first-order chi connectivity index (χ1) is 14.1. The maximum Gasteiger partial charge on any atom is 0.237 e. The van der Waals surface area contributed by atoms with Gasteiger partial charge in [0.2, 0.25) is 11.8 Å². The lowest BCUT2D eigenvalue weighted by molar-refractivity contribution is -0.121. The van der Waals surface area contributed by atoms with Gasteiger partial charge in [0.05, 0.1) is 19.5 Å². The summed E-state index contributed by atoms with van der Waals surface area (Å²) in [5.74, 6) is 1.87. The van der Waals surface area contributed by atoms with Crippen molar-refractivity contribution in [3.63, 3.8) is 0 Å². The molecule has 3 rings (SSSR count). The molecule has 2 amide bonds. The third-order valence-electron chi connectivity index (χ3n) is 4.83. The van der Waals surface area contributed by atoms with E-state index in [2.05, 4.69) is 10.6 Å². The number of carbonyl (C=O) groups is 2. The second kappa shape index (κ2) is 10.2. The van der Waals surface area contributed by atoms with Gasteiger partial charge in [0.25, 0.3) is 0 Å². The van der Waals surface area contributed by atoms with Crippen LogP contribution in [0, 0.1) is 0 Å². The fraction of sp³-hybridized carbons (Fsp3) is 0.364. The fourth-order valence-electron chi connectivity index (χ4n) is 3.22. The third-order valence-corrected chi connectivity index (χ3v) is 6.12. The molecule has 1 aliphatic rings. The lowest BCUT2D eigenvalue weighted by Crippen LogP contribution is -2.26. The van der Waals surface area contributed by atoms with Gasteiger partial charge >= 0.3 is 0 Å². The van der Waals surface area contributed by atoms with Crippen LogP contribution >= 0.6 is 11.8 Å². The number of amides is 2. The number of ether oxygens (including phenoxy) is 2. The highest BCUT2D eigenvalue weighted by atomic mass is 32.2. The van der Waals surface area contributed by atoms with Crippen LogP contribution in [0.25, 0.3) is 0 Å². The molecule has 1 heterocycles. The molecule has 7 heteroatoms. The number of thioether (sulfide) groups is 1. The summed E-state index contributed by atoms with van der Waals surface area (Å²) >= 11 is 1.54. The van der Waals surface area contributed by atoms with Crippen molar-refractivity contribution in [3.05, 3.63) is 53.6 Å². The number of anilines is 1. The van der Waals surface area contributed by atoms with Crippen LogP contribution in [-0.4, -0.2) is 37.0 Å². The van der Waals surface area contributed by atoms with Gasteiger partial charge in [-0.3, -0.25) is 9.59 Å². The van der Waals surface area contributed by atoms with Crippen LogP contribution < -0.4 is 20.1 Å². The van der Waals surface area contributed by atoms with Gasteiger partial charge in [0.1, 0.15) is 0 Å². The highest BCUT2D eigenvalue weighted by Gasteiger charge is 2.23. The average Bonchev–Trinajstić information content (AvgIpc) is 2.90. The van der Waals surface area contributed by atoms with E-state index in [1.807, 2.05) is 42.5 Å². The molecule has 0 unspecified atom stereocenters. The van der Waals surface area contributed by atoms with Gasteiger partial charge in [-0.1, -0.05) is 24.3 Å². The van der Waals surface area contributed by atoms with Gasteiger partial charge in [-0.25, -0.2) is 0 Å². The average molecular weight is 415 g/mol. The Balaban J connectivity index is 1.43. The predicted molar refractivity (Wildman–Crippen MR) is 116 cm³/mol. The first kappa shape index (κ1) is 21.0. The molecule has 6 nitrogen and oxygen atoms in total. The van der Waals surface area contributed by atoms with Crippen molar-refractivity contribution in [2.24, 2.45) is 0 Å². The van der Waals surface area contributed by atoms with Crippen molar-refractivity contribution in [2.75, 3.05) is 25.3 Å². The van der Waals surface area contributed by atoms with Crippen molar-refractivity contribution >= 4 is 29.3 Å². The van der Waals surface area contributed by atoms with Crippen LogP contribution in [0.2, 0.25) is 0 Å². The summed E-state index contributed by atoms with van der Waals surface area (Å²) in [5, 5.41) is 5.77. The lowest BCUT2D eigenvalue weighted by Gasteiger charge is -2.13. The zero-order valence-electron chi connectivity index (χ0n) is 16.7. The highest BCUT2D eigenvalue weighted by Crippen LogP contribution is 2.28. The minimum atomic E-state index is -0.138. The number of nitrogens with one attached hydrogen (secondary N) is 2. The standard InChI is InChI=1S/C22H26N2O4S/c1-27-18-9-7-15(13-19(18)28-2)14-23-21(25)11-12-29-20-10-8-16-5-3-4-6-17(16)24-22(20)26/h3-7,9,13,20H,8,10-12,14H2,1-2H3,(H,23,25)(H,24,26)/t20-/m1/s1. The SMILES string of the molecule is COc1ccc(CNC(=O)CCS[C@@H]2CCc3ccccc3NC2=O)cc1OC. The van der Waals surface area contributed by atoms with Crippen molar-refractivity contribution in [3.8, 4) is 11.5 Å². The number of hydrogen-bond acceptors (Lipinski definition) is 5. The molecule has 1 aliphatic heterocycles. The summed E-state index contributed by atoms with van der Waals surface area (Å²) in [4.78, 5) is 24.6. The topological polar surface area (TPSA) is 76.7 Å². The molecule has 0 saturated heterocycles. The number of benzene rings is 2. The van der Waals surface area contributed by atoms with Crippen LogP contribution in [0.3, 0.4) is 0 Å². The fourth-order valence-corrected chi connectivity index (χ4v) is 4.31. The Bertz CT molecular complexity index is 872. The molecular formula is C22H26N2O4S. The van der Waals surface area contributed by atoms with E-state index in [-0.39, 0.29) is 17.1 Å². The molecule has 154 valence electrons. The van der Waals surface area contributed by atoms with Gasteiger partial charge in [-0.05, 0) is 42.2 Å². The lowest BCUT2D eigenvalue weighted by atomic mass is 10.1. The summed E-state index contributed by atoms with van der Waals surface area (Å²) < 4.78 is 10.5. The van der Waals surface area contributed by atoms with E-state index < -0.39 is 0 Å². The molecule has 0 bridgehead atoms. The van der Waals surface area contributed by atoms with Crippen LogP contribution in [0.5, 0.6) is 11.5 Å². The Morgan fingerprint density at radius 1 is 1.17 bits per heavy atom. The molecule has 29 heavy (non-hydrogen) atoms. The molecular weight excluding hydrogens is 388 g/mol. The zero-order chi connectivity index (χ0) is 20.6. The Labute approximate surface area is 175 Å². The van der Waals surface area contributed by atoms with Crippen molar-refractivity contribution in [1.82, 2.24) is 5.32 Å². The van der Waals surface area contributed by atoms with E-state index in [1.165, 1.54) is 0 Å². The van der Waals surface area contributed by atoms with Gasteiger partial charge in [-0.15, -0.1) is 11.8 Å². The first-order valence-electron chi connectivity index (χ1n) is 9.58. The van der Waals surface area contributed by atoms with E-state index in [4.69, 9.17) is 9.47 Å². The van der Waals surface area contributed by atoms with Gasteiger partial charge in [0, 0.05) is 24.4 Å².